The summed E-state index contributed by atoms with van der Waals surface area (Å²) in [5, 5.41) is 20.0. The molecule has 5 rings (SSSR count). The fraction of sp³-hybridized carbons (Fsp3) is 0.276. The molecule has 1 fully saturated rings. The molecule has 3 aromatic carbocycles. The van der Waals surface area contributed by atoms with Crippen LogP contribution in [0.3, 0.4) is 0 Å². The summed E-state index contributed by atoms with van der Waals surface area (Å²) >= 11 is 0. The summed E-state index contributed by atoms with van der Waals surface area (Å²) in [7, 11) is 0. The Labute approximate surface area is 199 Å². The molecular formula is C29H29NO4. The molecule has 0 saturated carbocycles. The second-order valence-corrected chi connectivity index (χ2v) is 9.00. The van der Waals surface area contributed by atoms with E-state index in [0.717, 1.165) is 54.1 Å². The van der Waals surface area contributed by atoms with Crippen molar-refractivity contribution in [1.29, 1.82) is 0 Å². The van der Waals surface area contributed by atoms with Crippen LogP contribution in [0.2, 0.25) is 0 Å². The normalized spacial score (nSPS) is 15.9. The molecule has 0 bridgehead atoms. The number of fused-ring (bicyclic) bond motifs is 1. The second-order valence-electron chi connectivity index (χ2n) is 9.00. The Morgan fingerprint density at radius 1 is 0.882 bits per heavy atom. The molecule has 1 aliphatic carbocycles. The van der Waals surface area contributed by atoms with Gasteiger partial charge in [-0.2, -0.15) is 0 Å². The molecule has 34 heavy (non-hydrogen) atoms. The monoisotopic (exact) mass is 455 g/mol. The van der Waals surface area contributed by atoms with Gasteiger partial charge in [-0.15, -0.1) is 0 Å². The Balaban J connectivity index is 1.43. The quantitative estimate of drug-likeness (QED) is 0.473. The average molecular weight is 456 g/mol. The van der Waals surface area contributed by atoms with E-state index in [1.165, 1.54) is 12.8 Å². The Morgan fingerprint density at radius 2 is 1.65 bits per heavy atom. The summed E-state index contributed by atoms with van der Waals surface area (Å²) in [6.45, 7) is 3.85. The number of nitrogens with zero attached hydrogens (tertiary/aromatic N) is 1. The van der Waals surface area contributed by atoms with Gasteiger partial charge in [0.15, 0.2) is 5.78 Å². The number of hydrogen-bond donors (Lipinski definition) is 2. The van der Waals surface area contributed by atoms with Crippen LogP contribution >= 0.6 is 0 Å². The van der Waals surface area contributed by atoms with Gasteiger partial charge in [0.25, 0.3) is 0 Å². The first-order valence-corrected chi connectivity index (χ1v) is 11.9. The molecule has 1 saturated heterocycles. The zero-order chi connectivity index (χ0) is 23.5. The van der Waals surface area contributed by atoms with E-state index in [0.29, 0.717) is 24.2 Å². The number of aryl methyl sites for hydroxylation is 1. The van der Waals surface area contributed by atoms with Crippen molar-refractivity contribution in [1.82, 2.24) is 4.90 Å². The van der Waals surface area contributed by atoms with E-state index in [9.17, 15) is 15.0 Å². The first kappa shape index (κ1) is 22.2. The van der Waals surface area contributed by atoms with E-state index in [1.54, 1.807) is 30.3 Å². The van der Waals surface area contributed by atoms with Gasteiger partial charge in [-0.05, 0) is 110 Å². The molecule has 5 nitrogen and oxygen atoms in total. The van der Waals surface area contributed by atoms with Crippen LogP contribution in [0.5, 0.6) is 17.2 Å². The number of ether oxygens (including phenoxy) is 1. The number of ketones is 1. The van der Waals surface area contributed by atoms with Crippen LogP contribution in [-0.2, 0) is 6.42 Å². The Bertz CT molecular complexity index is 1220. The van der Waals surface area contributed by atoms with Gasteiger partial charge in [-0.1, -0.05) is 18.2 Å². The molecule has 0 amide bonds. The van der Waals surface area contributed by atoms with E-state index in [1.807, 2.05) is 36.4 Å². The molecule has 0 radical (unpaired) electrons. The number of phenolic OH excluding ortho intramolecular Hbond substituents is 2. The van der Waals surface area contributed by atoms with E-state index in [-0.39, 0.29) is 17.3 Å². The molecular weight excluding hydrogens is 426 g/mol. The number of carbonyl (C=O) groups excluding carboxylic acids is 1. The van der Waals surface area contributed by atoms with E-state index >= 15 is 0 Å². The first-order valence-electron chi connectivity index (χ1n) is 11.9. The van der Waals surface area contributed by atoms with Crippen molar-refractivity contribution in [3.8, 4) is 17.2 Å². The summed E-state index contributed by atoms with van der Waals surface area (Å²) in [4.78, 5) is 16.2. The molecule has 174 valence electrons. The lowest BCUT2D eigenvalue weighted by Crippen LogP contribution is -2.25. The SMILES string of the molecule is O=C(C1=C(c2cccc(O)c2)CCc2cc(O)ccc21)c1ccc(OCCN2CCCC2)cc1. The molecule has 2 aliphatic rings. The van der Waals surface area contributed by atoms with Crippen LogP contribution in [0, 0.1) is 0 Å². The lowest BCUT2D eigenvalue weighted by atomic mass is 9.79. The van der Waals surface area contributed by atoms with Crippen molar-refractivity contribution < 1.29 is 19.7 Å². The van der Waals surface area contributed by atoms with E-state index in [2.05, 4.69) is 4.90 Å². The van der Waals surface area contributed by atoms with Gasteiger partial charge in [-0.3, -0.25) is 9.69 Å². The molecule has 0 unspecified atom stereocenters. The minimum absolute atomic E-state index is 0.0754. The zero-order valence-corrected chi connectivity index (χ0v) is 19.2. The lowest BCUT2D eigenvalue weighted by molar-refractivity contribution is 0.105. The second kappa shape index (κ2) is 9.74. The number of carbonyl (C=O) groups is 1. The molecule has 5 heteroatoms. The van der Waals surface area contributed by atoms with Crippen LogP contribution in [-0.4, -0.2) is 47.1 Å². The van der Waals surface area contributed by atoms with Gasteiger partial charge in [0.1, 0.15) is 23.9 Å². The minimum atomic E-state index is -0.0754. The van der Waals surface area contributed by atoms with Crippen LogP contribution in [0.15, 0.2) is 66.7 Å². The van der Waals surface area contributed by atoms with Crippen LogP contribution < -0.4 is 4.74 Å². The predicted molar refractivity (Wildman–Crippen MR) is 133 cm³/mol. The Hall–Kier alpha value is -3.57. The maximum Gasteiger partial charge on any atom is 0.193 e. The number of allylic oxidation sites excluding steroid dienone is 2. The third kappa shape index (κ3) is 4.70. The van der Waals surface area contributed by atoms with Gasteiger partial charge in [0.05, 0.1) is 0 Å². The highest BCUT2D eigenvalue weighted by molar-refractivity contribution is 6.35. The summed E-state index contributed by atoms with van der Waals surface area (Å²) in [5.74, 6) is 1.05. The van der Waals surface area contributed by atoms with E-state index in [4.69, 9.17) is 4.74 Å². The predicted octanol–water partition coefficient (Wildman–Crippen LogP) is 5.31. The van der Waals surface area contributed by atoms with Gasteiger partial charge < -0.3 is 14.9 Å². The lowest BCUT2D eigenvalue weighted by Gasteiger charge is -2.24. The molecule has 0 aromatic heterocycles. The van der Waals surface area contributed by atoms with Gasteiger partial charge in [-0.25, -0.2) is 0 Å². The highest BCUT2D eigenvalue weighted by Gasteiger charge is 2.26. The third-order valence-corrected chi connectivity index (χ3v) is 6.72. The number of aromatic hydroxyl groups is 2. The topological polar surface area (TPSA) is 70.0 Å². The van der Waals surface area contributed by atoms with Crippen molar-refractivity contribution in [2.75, 3.05) is 26.2 Å². The summed E-state index contributed by atoms with van der Waals surface area (Å²) in [5.41, 5.74) is 4.73. The number of hydrogen-bond acceptors (Lipinski definition) is 5. The third-order valence-electron chi connectivity index (χ3n) is 6.72. The maximum atomic E-state index is 13.8. The Kier molecular flexibility index (Phi) is 6.37. The highest BCUT2D eigenvalue weighted by atomic mass is 16.5. The molecule has 1 heterocycles. The highest BCUT2D eigenvalue weighted by Crippen LogP contribution is 2.40. The maximum absolute atomic E-state index is 13.8. The van der Waals surface area contributed by atoms with Gasteiger partial charge in [0, 0.05) is 17.7 Å². The molecule has 3 aromatic rings. The summed E-state index contributed by atoms with van der Waals surface area (Å²) in [6.07, 6.45) is 3.90. The first-order chi connectivity index (χ1) is 16.6. The average Bonchev–Trinajstić information content (AvgIpc) is 3.37. The molecule has 0 spiro atoms. The standard InChI is InChI=1S/C29H29NO4/c31-23-5-3-4-21(18-23)26-12-8-22-19-24(32)9-13-27(22)28(26)29(33)20-6-10-25(11-7-20)34-17-16-30-14-1-2-15-30/h3-7,9-11,13,18-19,31-32H,1-2,8,12,14-17H2. The number of benzene rings is 3. The van der Waals surface area contributed by atoms with Crippen molar-refractivity contribution in [3.63, 3.8) is 0 Å². The summed E-state index contributed by atoms with van der Waals surface area (Å²) < 4.78 is 5.90. The fourth-order valence-electron chi connectivity index (χ4n) is 4.97. The van der Waals surface area contributed by atoms with Crippen LogP contribution in [0.25, 0.3) is 11.1 Å². The number of Topliss-reactive ketones (excluding diaryl/α,β-unsaturated/α-hetero) is 1. The van der Waals surface area contributed by atoms with Crippen molar-refractivity contribution in [2.24, 2.45) is 0 Å². The van der Waals surface area contributed by atoms with Crippen molar-refractivity contribution >= 4 is 16.9 Å². The van der Waals surface area contributed by atoms with Crippen molar-refractivity contribution in [3.05, 3.63) is 89.0 Å². The van der Waals surface area contributed by atoms with Gasteiger partial charge >= 0.3 is 0 Å². The molecule has 0 atom stereocenters. The molecule has 2 N–H and O–H groups in total. The number of likely N-dealkylation sites (tertiary alicyclic amines) is 1. The molecule has 1 aliphatic heterocycles. The Morgan fingerprint density at radius 3 is 2.41 bits per heavy atom. The van der Waals surface area contributed by atoms with Crippen molar-refractivity contribution in [2.45, 2.75) is 25.7 Å². The summed E-state index contributed by atoms with van der Waals surface area (Å²) in [6, 6.07) is 19.5. The minimum Gasteiger partial charge on any atom is -0.508 e. The number of rotatable bonds is 7. The number of phenols is 2. The van der Waals surface area contributed by atoms with E-state index < -0.39 is 0 Å². The van der Waals surface area contributed by atoms with Crippen LogP contribution in [0.4, 0.5) is 0 Å². The smallest absolute Gasteiger partial charge is 0.193 e. The van der Waals surface area contributed by atoms with Crippen LogP contribution in [0.1, 0.15) is 46.3 Å². The van der Waals surface area contributed by atoms with Gasteiger partial charge in [0.2, 0.25) is 0 Å². The fourth-order valence-corrected chi connectivity index (χ4v) is 4.97. The zero-order valence-electron chi connectivity index (χ0n) is 19.2. The largest absolute Gasteiger partial charge is 0.508 e.